The molecule has 2 aliphatic rings. The minimum atomic E-state index is -0.110. The van der Waals surface area contributed by atoms with Crippen LogP contribution in [0.4, 0.5) is 4.39 Å². The van der Waals surface area contributed by atoms with E-state index in [0.29, 0.717) is 6.42 Å². The molecule has 1 atom stereocenters. The maximum Gasteiger partial charge on any atom is 0.103 e. The highest BCUT2D eigenvalue weighted by Crippen LogP contribution is 2.35. The van der Waals surface area contributed by atoms with Gasteiger partial charge in [0, 0.05) is 6.42 Å². The molecule has 0 saturated heterocycles. The van der Waals surface area contributed by atoms with Gasteiger partial charge in [-0.05, 0) is 32.9 Å². The molecule has 1 heterocycles. The minimum absolute atomic E-state index is 0.0139. The Labute approximate surface area is 83.0 Å². The summed E-state index contributed by atoms with van der Waals surface area (Å²) in [6.45, 7) is 6.14. The molecule has 0 aromatic heterocycles. The zero-order chi connectivity index (χ0) is 10.3. The van der Waals surface area contributed by atoms with Crippen LogP contribution in [0.1, 0.15) is 27.2 Å². The highest BCUT2D eigenvalue weighted by Gasteiger charge is 2.36. The molecule has 0 saturated carbocycles. The fourth-order valence-corrected chi connectivity index (χ4v) is 1.72. The Kier molecular flexibility index (Phi) is 1.94. The first-order valence-electron chi connectivity index (χ1n) is 4.76. The minimum Gasteiger partial charge on any atom is -0.264 e. The molecule has 0 bridgehead atoms. The highest BCUT2D eigenvalue weighted by molar-refractivity contribution is 5.27. The molecule has 14 heavy (non-hydrogen) atoms. The molecule has 0 N–H and O–H groups in total. The van der Waals surface area contributed by atoms with E-state index in [0.717, 1.165) is 5.70 Å². The van der Waals surface area contributed by atoms with Gasteiger partial charge in [-0.3, -0.25) is 5.01 Å². The molecule has 1 unspecified atom stereocenters. The number of fused-ring (bicyclic) bond motifs is 1. The van der Waals surface area contributed by atoms with Crippen molar-refractivity contribution in [2.24, 2.45) is 10.3 Å². The van der Waals surface area contributed by atoms with Crippen molar-refractivity contribution in [1.29, 1.82) is 0 Å². The molecule has 3 nitrogen and oxygen atoms in total. The third-order valence-electron chi connectivity index (χ3n) is 2.40. The number of nitrogens with zero attached hydrogens (tertiary/aromatic N) is 3. The van der Waals surface area contributed by atoms with E-state index >= 15 is 0 Å². The summed E-state index contributed by atoms with van der Waals surface area (Å²) in [5.74, 6) is -0.0969. The molecule has 0 aromatic carbocycles. The van der Waals surface area contributed by atoms with Crippen molar-refractivity contribution in [1.82, 2.24) is 5.01 Å². The first-order valence-corrected chi connectivity index (χ1v) is 4.76. The van der Waals surface area contributed by atoms with Gasteiger partial charge in [-0.25, -0.2) is 4.39 Å². The van der Waals surface area contributed by atoms with Crippen molar-refractivity contribution < 1.29 is 4.39 Å². The molecule has 2 rings (SSSR count). The molecule has 4 heteroatoms. The fourth-order valence-electron chi connectivity index (χ4n) is 1.72. The number of halogens is 1. The third-order valence-corrected chi connectivity index (χ3v) is 2.40. The second-order valence-electron chi connectivity index (χ2n) is 4.63. The van der Waals surface area contributed by atoms with Crippen LogP contribution in [0.15, 0.2) is 34.0 Å². The number of hydrogen-bond acceptors (Lipinski definition) is 3. The summed E-state index contributed by atoms with van der Waals surface area (Å²) in [7, 11) is 0. The molecular formula is C10H14FN3. The molecule has 0 fully saturated rings. The van der Waals surface area contributed by atoms with Gasteiger partial charge in [0.05, 0.1) is 17.3 Å². The van der Waals surface area contributed by atoms with Crippen molar-refractivity contribution in [2.75, 3.05) is 0 Å². The molecule has 1 aliphatic heterocycles. The van der Waals surface area contributed by atoms with E-state index in [1.807, 2.05) is 25.8 Å². The van der Waals surface area contributed by atoms with Crippen LogP contribution in [-0.4, -0.2) is 16.6 Å². The molecule has 0 radical (unpaired) electrons. The SMILES string of the molecule is CC(C)(C)N1N=NC2=CC=C(F)CC21. The predicted molar refractivity (Wildman–Crippen MR) is 52.1 cm³/mol. The van der Waals surface area contributed by atoms with Gasteiger partial charge in [0.15, 0.2) is 0 Å². The van der Waals surface area contributed by atoms with Crippen LogP contribution in [0, 0.1) is 0 Å². The van der Waals surface area contributed by atoms with Gasteiger partial charge in [-0.1, -0.05) is 5.22 Å². The average Bonchev–Trinajstić information content (AvgIpc) is 2.45. The van der Waals surface area contributed by atoms with Gasteiger partial charge >= 0.3 is 0 Å². The number of hydrogen-bond donors (Lipinski definition) is 0. The average molecular weight is 195 g/mol. The highest BCUT2D eigenvalue weighted by atomic mass is 19.1. The summed E-state index contributed by atoms with van der Waals surface area (Å²) in [5, 5.41) is 9.98. The van der Waals surface area contributed by atoms with E-state index in [-0.39, 0.29) is 17.4 Å². The van der Waals surface area contributed by atoms with Crippen LogP contribution in [-0.2, 0) is 0 Å². The Bertz CT molecular complexity index is 336. The third kappa shape index (κ3) is 1.45. The van der Waals surface area contributed by atoms with Gasteiger partial charge in [-0.15, -0.1) is 5.11 Å². The standard InChI is InChI=1S/C10H14FN3/c1-10(2,3)14-9-6-7(11)4-5-8(9)12-13-14/h4-5,9H,6H2,1-3H3. The van der Waals surface area contributed by atoms with E-state index in [9.17, 15) is 4.39 Å². The van der Waals surface area contributed by atoms with E-state index in [2.05, 4.69) is 10.3 Å². The van der Waals surface area contributed by atoms with Crippen LogP contribution < -0.4 is 0 Å². The number of rotatable bonds is 0. The van der Waals surface area contributed by atoms with Crippen molar-refractivity contribution in [3.05, 3.63) is 23.7 Å². The Morgan fingerprint density at radius 3 is 2.79 bits per heavy atom. The molecule has 0 aromatic rings. The molecule has 1 aliphatic carbocycles. The van der Waals surface area contributed by atoms with E-state index in [1.165, 1.54) is 6.08 Å². The topological polar surface area (TPSA) is 28.0 Å². The Hall–Kier alpha value is -1.19. The molecular weight excluding hydrogens is 181 g/mol. The molecule has 0 spiro atoms. The van der Waals surface area contributed by atoms with Gasteiger partial charge in [0.2, 0.25) is 0 Å². The van der Waals surface area contributed by atoms with Gasteiger partial charge in [0.25, 0.3) is 0 Å². The van der Waals surface area contributed by atoms with Crippen molar-refractivity contribution in [3.8, 4) is 0 Å². The second kappa shape index (κ2) is 2.90. The maximum atomic E-state index is 13.1. The Balaban J connectivity index is 2.26. The van der Waals surface area contributed by atoms with Crippen LogP contribution in [0.25, 0.3) is 0 Å². The zero-order valence-corrected chi connectivity index (χ0v) is 8.66. The second-order valence-corrected chi connectivity index (χ2v) is 4.63. The summed E-state index contributed by atoms with van der Waals surface area (Å²) < 4.78 is 13.1. The zero-order valence-electron chi connectivity index (χ0n) is 8.66. The first-order chi connectivity index (χ1) is 6.48. The predicted octanol–water partition coefficient (Wildman–Crippen LogP) is 2.98. The lowest BCUT2D eigenvalue weighted by atomic mass is 9.99. The largest absolute Gasteiger partial charge is 0.264 e. The van der Waals surface area contributed by atoms with Gasteiger partial charge in [-0.2, -0.15) is 0 Å². The summed E-state index contributed by atoms with van der Waals surface area (Å²) in [6.07, 6.45) is 3.56. The van der Waals surface area contributed by atoms with Gasteiger partial charge in [0.1, 0.15) is 5.83 Å². The van der Waals surface area contributed by atoms with Crippen LogP contribution in [0.5, 0.6) is 0 Å². The Morgan fingerprint density at radius 1 is 1.43 bits per heavy atom. The van der Waals surface area contributed by atoms with Crippen LogP contribution in [0.3, 0.4) is 0 Å². The lowest BCUT2D eigenvalue weighted by Gasteiger charge is -2.34. The quantitative estimate of drug-likeness (QED) is 0.584. The summed E-state index contributed by atoms with van der Waals surface area (Å²) in [5.41, 5.74) is 0.753. The maximum absolute atomic E-state index is 13.1. The summed E-state index contributed by atoms with van der Waals surface area (Å²) in [4.78, 5) is 0. The smallest absolute Gasteiger partial charge is 0.103 e. The van der Waals surface area contributed by atoms with E-state index in [1.54, 1.807) is 6.08 Å². The van der Waals surface area contributed by atoms with Crippen LogP contribution >= 0.6 is 0 Å². The normalized spacial score (nSPS) is 26.0. The van der Waals surface area contributed by atoms with E-state index in [4.69, 9.17) is 0 Å². The van der Waals surface area contributed by atoms with Crippen molar-refractivity contribution in [2.45, 2.75) is 38.8 Å². The monoisotopic (exact) mass is 195 g/mol. The van der Waals surface area contributed by atoms with Crippen molar-refractivity contribution >= 4 is 0 Å². The lowest BCUT2D eigenvalue weighted by Crippen LogP contribution is -2.42. The summed E-state index contributed by atoms with van der Waals surface area (Å²) >= 11 is 0. The lowest BCUT2D eigenvalue weighted by molar-refractivity contribution is 0.111. The molecule has 0 amide bonds. The fraction of sp³-hybridized carbons (Fsp3) is 0.600. The first kappa shape index (κ1) is 9.37. The number of allylic oxidation sites excluding steroid dienone is 2. The summed E-state index contributed by atoms with van der Waals surface area (Å²) in [6, 6.07) is -0.0139. The Morgan fingerprint density at radius 2 is 2.14 bits per heavy atom. The van der Waals surface area contributed by atoms with E-state index < -0.39 is 0 Å². The molecule has 76 valence electrons. The van der Waals surface area contributed by atoms with Crippen LogP contribution in [0.2, 0.25) is 0 Å². The van der Waals surface area contributed by atoms with Gasteiger partial charge < -0.3 is 0 Å². The van der Waals surface area contributed by atoms with Crippen molar-refractivity contribution in [3.63, 3.8) is 0 Å².